The van der Waals surface area contributed by atoms with Gasteiger partial charge in [0, 0.05) is 45.6 Å². The Bertz CT molecular complexity index is 1800. The molecule has 0 radical (unpaired) electrons. The van der Waals surface area contributed by atoms with Gasteiger partial charge in [0.2, 0.25) is 0 Å². The first-order valence-corrected chi connectivity index (χ1v) is 15.9. The highest BCUT2D eigenvalue weighted by molar-refractivity contribution is 5.89. The Labute approximate surface area is 270 Å². The van der Waals surface area contributed by atoms with Gasteiger partial charge in [-0.1, -0.05) is 24.3 Å². The number of hydrogen-bond acceptors (Lipinski definition) is 4. The summed E-state index contributed by atoms with van der Waals surface area (Å²) in [6.07, 6.45) is 0. The summed E-state index contributed by atoms with van der Waals surface area (Å²) in [5, 5.41) is 9.62. The number of benzene rings is 2. The minimum absolute atomic E-state index is 1.02. The number of aryl methyl sites for hydroxylation is 8. The van der Waals surface area contributed by atoms with E-state index in [2.05, 4.69) is 191 Å². The number of nitrogens with zero attached hydrogens (tertiary/aromatic N) is 8. The summed E-state index contributed by atoms with van der Waals surface area (Å²) >= 11 is 0. The quantitative estimate of drug-likeness (QED) is 0.202. The van der Waals surface area contributed by atoms with E-state index in [0.717, 1.165) is 79.9 Å². The predicted octanol–water partition coefficient (Wildman–Crippen LogP) is 8.29. The molecule has 8 rings (SSSR count). The summed E-state index contributed by atoms with van der Waals surface area (Å²) < 4.78 is 9.39. The van der Waals surface area contributed by atoms with Crippen molar-refractivity contribution < 1.29 is 0 Å². The van der Waals surface area contributed by atoms with Gasteiger partial charge in [-0.25, -0.2) is 20.0 Å². The lowest BCUT2D eigenvalue weighted by molar-refractivity contribution is 0.620. The highest BCUT2D eigenvalue weighted by Crippen LogP contribution is 2.51. The first-order chi connectivity index (χ1) is 22.2. The lowest BCUT2D eigenvalue weighted by Crippen LogP contribution is -2.46. The van der Waals surface area contributed by atoms with E-state index in [1.807, 2.05) is 0 Å². The molecule has 0 saturated heterocycles. The van der Waals surface area contributed by atoms with Crippen molar-refractivity contribution in [2.24, 2.45) is 0 Å². The molecule has 4 aromatic heterocycles. The van der Waals surface area contributed by atoms with Gasteiger partial charge in [-0.2, -0.15) is 0 Å². The Morgan fingerprint density at radius 1 is 0.261 bits per heavy atom. The maximum Gasteiger partial charge on any atom is 0.198 e. The minimum Gasteiger partial charge on any atom is -0.256 e. The second-order valence-electron chi connectivity index (χ2n) is 12.6. The molecule has 0 fully saturated rings. The molecule has 2 aromatic carbocycles. The average Bonchev–Trinajstić information content (AvgIpc) is 3.87. The average molecular weight is 609 g/mol. The van der Waals surface area contributed by atoms with Crippen molar-refractivity contribution in [3.8, 4) is 0 Å². The molecule has 0 unspecified atom stereocenters. The van der Waals surface area contributed by atoms with Crippen LogP contribution in [0.1, 0.15) is 45.6 Å². The van der Waals surface area contributed by atoms with Crippen molar-refractivity contribution in [3.05, 3.63) is 154 Å². The van der Waals surface area contributed by atoms with Crippen LogP contribution in [0.15, 0.2) is 109 Å². The fraction of sp³-hybridized carbons (Fsp3) is 0.211. The predicted molar refractivity (Wildman–Crippen MR) is 187 cm³/mol. The maximum atomic E-state index is 2.41. The molecular formula is C38H40N8. The van der Waals surface area contributed by atoms with Gasteiger partial charge in [0.15, 0.2) is 11.6 Å². The molecule has 46 heavy (non-hydrogen) atoms. The Hall–Kier alpha value is -5.50. The van der Waals surface area contributed by atoms with E-state index in [-0.39, 0.29) is 0 Å². The molecule has 0 spiro atoms. The molecule has 2 aliphatic heterocycles. The van der Waals surface area contributed by atoms with Gasteiger partial charge in [-0.3, -0.25) is 18.7 Å². The summed E-state index contributed by atoms with van der Waals surface area (Å²) in [6.45, 7) is 17.5. The maximum absolute atomic E-state index is 2.41. The summed E-state index contributed by atoms with van der Waals surface area (Å²) in [5.74, 6) is 2.03. The zero-order chi connectivity index (χ0) is 32.0. The summed E-state index contributed by atoms with van der Waals surface area (Å²) in [7, 11) is 0. The zero-order valence-electron chi connectivity index (χ0n) is 27.8. The largest absolute Gasteiger partial charge is 0.256 e. The van der Waals surface area contributed by atoms with Gasteiger partial charge in [0.05, 0.1) is 22.7 Å². The fourth-order valence-corrected chi connectivity index (χ4v) is 7.37. The second kappa shape index (κ2) is 10.0. The smallest absolute Gasteiger partial charge is 0.198 e. The molecule has 6 aromatic rings. The van der Waals surface area contributed by atoms with E-state index < -0.39 is 0 Å². The minimum atomic E-state index is 1.02. The highest BCUT2D eigenvalue weighted by Gasteiger charge is 2.46. The Balaban J connectivity index is 1.60. The van der Waals surface area contributed by atoms with Crippen LogP contribution in [0.5, 0.6) is 0 Å². The topological polar surface area (TPSA) is 32.7 Å². The molecule has 6 heterocycles. The molecule has 0 aliphatic carbocycles. The van der Waals surface area contributed by atoms with Gasteiger partial charge in [-0.15, -0.1) is 0 Å². The van der Waals surface area contributed by atoms with Crippen LogP contribution >= 0.6 is 0 Å². The normalized spacial score (nSPS) is 14.3. The van der Waals surface area contributed by atoms with Crippen LogP contribution in [-0.2, 0) is 0 Å². The van der Waals surface area contributed by atoms with Crippen LogP contribution in [0.2, 0.25) is 0 Å². The van der Waals surface area contributed by atoms with Crippen LogP contribution in [0.4, 0.5) is 22.7 Å². The number of aromatic nitrogens is 4. The zero-order valence-corrected chi connectivity index (χ0v) is 27.8. The van der Waals surface area contributed by atoms with Gasteiger partial charge in [-0.05, 0) is 128 Å². The van der Waals surface area contributed by atoms with Gasteiger partial charge >= 0.3 is 0 Å². The summed E-state index contributed by atoms with van der Waals surface area (Å²) in [5.41, 5.74) is 13.7. The molecule has 0 saturated carbocycles. The number of para-hydroxylation sites is 4. The first-order valence-electron chi connectivity index (χ1n) is 15.9. The Kier molecular flexibility index (Phi) is 6.09. The molecule has 0 bridgehead atoms. The van der Waals surface area contributed by atoms with Crippen LogP contribution in [0, 0.1) is 55.4 Å². The van der Waals surface area contributed by atoms with E-state index in [4.69, 9.17) is 0 Å². The van der Waals surface area contributed by atoms with Crippen molar-refractivity contribution in [2.45, 2.75) is 55.4 Å². The summed E-state index contributed by atoms with van der Waals surface area (Å²) in [4.78, 5) is 0. The van der Waals surface area contributed by atoms with E-state index in [1.165, 1.54) is 0 Å². The lowest BCUT2D eigenvalue weighted by atomic mass is 10.3. The van der Waals surface area contributed by atoms with E-state index in [0.29, 0.717) is 0 Å². The molecule has 0 atom stereocenters. The standard InChI is InChI=1S/C38H40N8/c1-25-17-18-26(2)39(25)43-33-13-9-10-14-34(33)44(40-27(3)19-20-28(40)4)37(43)38-45(41-29(5)21-22-30(41)6)35-15-11-12-16-36(35)46(38)42-31(7)23-24-32(42)8/h9-24H,1-8H3. The van der Waals surface area contributed by atoms with Crippen LogP contribution in [0.25, 0.3) is 0 Å². The molecule has 232 valence electrons. The molecule has 0 N–H and O–H groups in total. The van der Waals surface area contributed by atoms with Gasteiger partial charge < -0.3 is 0 Å². The number of fused-ring (bicyclic) bond motifs is 2. The third-order valence-electron chi connectivity index (χ3n) is 9.41. The van der Waals surface area contributed by atoms with Gasteiger partial charge in [0.25, 0.3) is 0 Å². The molecule has 2 aliphatic rings. The van der Waals surface area contributed by atoms with Crippen molar-refractivity contribution in [3.63, 3.8) is 0 Å². The first kappa shape index (κ1) is 28.0. The monoisotopic (exact) mass is 608 g/mol. The van der Waals surface area contributed by atoms with E-state index in [1.54, 1.807) is 0 Å². The third kappa shape index (κ3) is 3.73. The lowest BCUT2D eigenvalue weighted by Gasteiger charge is -2.37. The fourth-order valence-electron chi connectivity index (χ4n) is 7.37. The van der Waals surface area contributed by atoms with Crippen LogP contribution in [-0.4, -0.2) is 18.7 Å². The molecule has 0 amide bonds. The summed E-state index contributed by atoms with van der Waals surface area (Å²) in [6, 6.07) is 35.1. The van der Waals surface area contributed by atoms with Crippen molar-refractivity contribution in [1.82, 2.24) is 18.7 Å². The second-order valence-corrected chi connectivity index (χ2v) is 12.6. The Morgan fingerprint density at radius 2 is 0.435 bits per heavy atom. The van der Waals surface area contributed by atoms with Crippen LogP contribution < -0.4 is 20.0 Å². The van der Waals surface area contributed by atoms with Crippen molar-refractivity contribution in [2.75, 3.05) is 20.0 Å². The third-order valence-corrected chi connectivity index (χ3v) is 9.41. The molecule has 8 nitrogen and oxygen atoms in total. The van der Waals surface area contributed by atoms with Crippen molar-refractivity contribution in [1.29, 1.82) is 0 Å². The number of anilines is 4. The molecular weight excluding hydrogens is 568 g/mol. The van der Waals surface area contributed by atoms with Gasteiger partial charge in [0.1, 0.15) is 0 Å². The highest BCUT2D eigenvalue weighted by atomic mass is 15.8. The number of rotatable bonds is 4. The van der Waals surface area contributed by atoms with E-state index >= 15 is 0 Å². The molecule has 8 heteroatoms. The van der Waals surface area contributed by atoms with E-state index in [9.17, 15) is 0 Å². The number of hydrogen-bond donors (Lipinski definition) is 0. The van der Waals surface area contributed by atoms with Crippen molar-refractivity contribution >= 4 is 22.7 Å². The SMILES string of the molecule is Cc1ccc(C)n1N1C(=C2N(n3c(C)ccc3C)c3ccccc3N2n2c(C)ccc2C)N(n2c(C)ccc2C)c2ccccc21. The Morgan fingerprint density at radius 3 is 0.609 bits per heavy atom. The van der Waals surface area contributed by atoms with Crippen LogP contribution in [0.3, 0.4) is 0 Å².